The minimum absolute atomic E-state index is 0.107. The van der Waals surface area contributed by atoms with Crippen LogP contribution in [-0.2, 0) is 16.2 Å². The standard InChI is InChI=1S/C79H54/c1-77(2)69-37-21-19-31-59(69)61-45-41-53(49-71(61)77)75-65-33-15-17-35-67(65)76(68-36-18-16-34-66(68)75)54-42-46-64-63-44-40-52(48-73(63)79(74(64)50-54,57-27-11-5-12-28-57)58-29-13-6-14-30-58)51-39-43-62-60-32-20-22-38-70(60)78(72(62)47-51,55-23-7-3-8-24-55)56-25-9-4-10-26-56/h3-50H,1-2H3. The molecule has 0 amide bonds. The van der Waals surface area contributed by atoms with Crippen molar-refractivity contribution in [2.75, 3.05) is 0 Å². The van der Waals surface area contributed by atoms with E-state index in [2.05, 4.69) is 305 Å². The lowest BCUT2D eigenvalue weighted by atomic mass is 9.66. The van der Waals surface area contributed by atoms with Gasteiger partial charge in [-0.25, -0.2) is 0 Å². The summed E-state index contributed by atoms with van der Waals surface area (Å²) < 4.78 is 0. The molecule has 0 atom stereocenters. The van der Waals surface area contributed by atoms with Gasteiger partial charge in [-0.15, -0.1) is 0 Å². The van der Waals surface area contributed by atoms with Gasteiger partial charge in [-0.05, 0) is 168 Å². The summed E-state index contributed by atoms with van der Waals surface area (Å²) in [6.45, 7) is 4.76. The SMILES string of the molecule is CC1(C)c2ccccc2-c2ccc(-c3c4ccccc4c(-c4ccc5c(c4)C(c4ccccc4)(c4ccccc4)c4cc(-c6ccc7c(c6)C(c6ccccc6)(c6ccccc6)c6ccccc6-7)ccc4-5)c4ccccc34)cc21. The van der Waals surface area contributed by atoms with Crippen LogP contribution in [0.5, 0.6) is 0 Å². The van der Waals surface area contributed by atoms with Gasteiger partial charge >= 0.3 is 0 Å². The number of benzene rings is 13. The molecule has 0 bridgehead atoms. The van der Waals surface area contributed by atoms with Crippen LogP contribution in [0.25, 0.3) is 88.3 Å². The lowest BCUT2D eigenvalue weighted by Gasteiger charge is -2.35. The van der Waals surface area contributed by atoms with Crippen molar-refractivity contribution >= 4 is 21.5 Å². The molecule has 0 unspecified atom stereocenters. The maximum absolute atomic E-state index is 2.55. The van der Waals surface area contributed by atoms with Crippen molar-refractivity contribution in [2.24, 2.45) is 0 Å². The van der Waals surface area contributed by atoms with E-state index in [1.807, 2.05) is 0 Å². The van der Waals surface area contributed by atoms with Gasteiger partial charge < -0.3 is 0 Å². The van der Waals surface area contributed by atoms with E-state index in [1.54, 1.807) is 0 Å². The second-order valence-electron chi connectivity index (χ2n) is 22.6. The van der Waals surface area contributed by atoms with Crippen LogP contribution in [0.1, 0.15) is 69.5 Å². The molecule has 13 aromatic carbocycles. The van der Waals surface area contributed by atoms with Crippen LogP contribution in [0.2, 0.25) is 0 Å². The number of hydrogen-bond donors (Lipinski definition) is 0. The smallest absolute Gasteiger partial charge is 0.0622 e. The van der Waals surface area contributed by atoms with Gasteiger partial charge in [-0.3, -0.25) is 0 Å². The molecule has 0 N–H and O–H groups in total. The number of rotatable bonds is 7. The molecule has 0 aromatic heterocycles. The summed E-state index contributed by atoms with van der Waals surface area (Å²) in [7, 11) is 0. The third-order valence-corrected chi connectivity index (χ3v) is 18.4. The molecule has 13 aromatic rings. The molecule has 0 radical (unpaired) electrons. The van der Waals surface area contributed by atoms with Gasteiger partial charge in [0.2, 0.25) is 0 Å². The second kappa shape index (κ2) is 17.2. The second-order valence-corrected chi connectivity index (χ2v) is 22.6. The summed E-state index contributed by atoms with van der Waals surface area (Å²) in [5.74, 6) is 0. The van der Waals surface area contributed by atoms with Gasteiger partial charge in [0.05, 0.1) is 10.8 Å². The summed E-state index contributed by atoms with van der Waals surface area (Å²) >= 11 is 0. The molecule has 3 aliphatic rings. The van der Waals surface area contributed by atoms with Gasteiger partial charge in [-0.1, -0.05) is 281 Å². The van der Waals surface area contributed by atoms with Crippen LogP contribution in [-0.4, -0.2) is 0 Å². The van der Waals surface area contributed by atoms with E-state index < -0.39 is 10.8 Å². The molecule has 16 rings (SSSR count). The summed E-state index contributed by atoms with van der Waals surface area (Å²) in [5, 5.41) is 5.03. The predicted molar refractivity (Wildman–Crippen MR) is 330 cm³/mol. The molecule has 0 aliphatic heterocycles. The normalized spacial score (nSPS) is 14.5. The maximum Gasteiger partial charge on any atom is 0.0713 e. The third kappa shape index (κ3) is 6.32. The van der Waals surface area contributed by atoms with Crippen molar-refractivity contribution < 1.29 is 0 Å². The van der Waals surface area contributed by atoms with Crippen LogP contribution in [0, 0.1) is 0 Å². The van der Waals surface area contributed by atoms with E-state index in [0.717, 1.165) is 0 Å². The van der Waals surface area contributed by atoms with Crippen molar-refractivity contribution in [3.63, 3.8) is 0 Å². The van der Waals surface area contributed by atoms with Gasteiger partial charge in [0.1, 0.15) is 0 Å². The highest BCUT2D eigenvalue weighted by molar-refractivity contribution is 6.21. The molecule has 0 spiro atoms. The molecule has 0 saturated heterocycles. The van der Waals surface area contributed by atoms with E-state index in [9.17, 15) is 0 Å². The molecule has 370 valence electrons. The first-order chi connectivity index (χ1) is 39.0. The zero-order valence-electron chi connectivity index (χ0n) is 44.2. The van der Waals surface area contributed by atoms with E-state index >= 15 is 0 Å². The first kappa shape index (κ1) is 45.6. The predicted octanol–water partition coefficient (Wildman–Crippen LogP) is 20.0. The van der Waals surface area contributed by atoms with Crippen LogP contribution in [0.4, 0.5) is 0 Å². The van der Waals surface area contributed by atoms with Gasteiger partial charge in [0.25, 0.3) is 0 Å². The van der Waals surface area contributed by atoms with Gasteiger partial charge in [-0.2, -0.15) is 0 Å². The molecule has 0 heterocycles. The Morgan fingerprint density at radius 1 is 0.203 bits per heavy atom. The van der Waals surface area contributed by atoms with Gasteiger partial charge in [0.15, 0.2) is 0 Å². The van der Waals surface area contributed by atoms with E-state index in [0.29, 0.717) is 0 Å². The highest BCUT2D eigenvalue weighted by atomic mass is 14.5. The highest BCUT2D eigenvalue weighted by Gasteiger charge is 2.48. The summed E-state index contributed by atoms with van der Waals surface area (Å²) in [6, 6.07) is 110. The zero-order valence-corrected chi connectivity index (χ0v) is 44.2. The molecule has 0 saturated carbocycles. The minimum Gasteiger partial charge on any atom is -0.0622 e. The molecular weight excluding hydrogens is 949 g/mol. The number of fused-ring (bicyclic) bond motifs is 11. The van der Waals surface area contributed by atoms with Crippen LogP contribution in [0.15, 0.2) is 291 Å². The fourth-order valence-electron chi connectivity index (χ4n) is 15.1. The minimum atomic E-state index is -0.635. The Hall–Kier alpha value is -9.62. The molecule has 0 nitrogen and oxygen atoms in total. The number of hydrogen-bond acceptors (Lipinski definition) is 0. The monoisotopic (exact) mass is 1000 g/mol. The van der Waals surface area contributed by atoms with Crippen molar-refractivity contribution in [1.82, 2.24) is 0 Å². The summed E-state index contributed by atoms with van der Waals surface area (Å²) in [5.41, 5.74) is 27.0. The van der Waals surface area contributed by atoms with E-state index in [-0.39, 0.29) is 5.41 Å². The largest absolute Gasteiger partial charge is 0.0713 e. The van der Waals surface area contributed by atoms with Crippen LogP contribution in [0.3, 0.4) is 0 Å². The Morgan fingerprint density at radius 3 is 0.873 bits per heavy atom. The maximum atomic E-state index is 2.55. The molecule has 79 heavy (non-hydrogen) atoms. The lowest BCUT2D eigenvalue weighted by Crippen LogP contribution is -2.28. The summed E-state index contributed by atoms with van der Waals surface area (Å²) in [6.07, 6.45) is 0. The Balaban J connectivity index is 0.912. The first-order valence-corrected chi connectivity index (χ1v) is 27.9. The quantitative estimate of drug-likeness (QED) is 0.140. The molecule has 3 aliphatic carbocycles. The van der Waals surface area contributed by atoms with Crippen molar-refractivity contribution in [3.8, 4) is 66.8 Å². The Labute approximate surface area is 462 Å². The molecule has 0 fully saturated rings. The van der Waals surface area contributed by atoms with E-state index in [1.165, 1.54) is 144 Å². The molecular formula is C79H54. The van der Waals surface area contributed by atoms with Crippen LogP contribution < -0.4 is 0 Å². The van der Waals surface area contributed by atoms with Crippen molar-refractivity contribution in [2.45, 2.75) is 30.1 Å². The fourth-order valence-corrected chi connectivity index (χ4v) is 15.1. The molecule has 0 heteroatoms. The Bertz CT molecular complexity index is 4460. The topological polar surface area (TPSA) is 0 Å². The highest BCUT2D eigenvalue weighted by Crippen LogP contribution is 2.60. The Kier molecular flexibility index (Phi) is 9.92. The fraction of sp³-hybridized carbons (Fsp3) is 0.0633. The average Bonchev–Trinajstić information content (AvgIpc) is 4.30. The lowest BCUT2D eigenvalue weighted by molar-refractivity contribution is 0.660. The van der Waals surface area contributed by atoms with Crippen LogP contribution >= 0.6 is 0 Å². The van der Waals surface area contributed by atoms with Crippen molar-refractivity contribution in [3.05, 3.63) is 347 Å². The summed E-state index contributed by atoms with van der Waals surface area (Å²) in [4.78, 5) is 0. The first-order valence-electron chi connectivity index (χ1n) is 27.9. The van der Waals surface area contributed by atoms with E-state index in [4.69, 9.17) is 0 Å². The van der Waals surface area contributed by atoms with Crippen molar-refractivity contribution in [1.29, 1.82) is 0 Å². The third-order valence-electron chi connectivity index (χ3n) is 18.4. The van der Waals surface area contributed by atoms with Gasteiger partial charge in [0, 0.05) is 5.41 Å². The average molecular weight is 1000 g/mol. The zero-order chi connectivity index (χ0) is 52.5. The Morgan fingerprint density at radius 2 is 0.468 bits per heavy atom.